The Morgan fingerprint density at radius 3 is 2.83 bits per heavy atom. The van der Waals surface area contributed by atoms with Gasteiger partial charge in [-0.1, -0.05) is 12.1 Å². The number of hydrogen-bond donors (Lipinski definition) is 2. The number of hydrogen-bond acceptors (Lipinski definition) is 9. The fourth-order valence-electron chi connectivity index (χ4n) is 3.85. The number of aryl methyl sites for hydroxylation is 1. The predicted octanol–water partition coefficient (Wildman–Crippen LogP) is 1.54. The molecule has 13 heteroatoms. The van der Waals surface area contributed by atoms with Crippen LogP contribution < -0.4 is 10.1 Å². The average Bonchev–Trinajstić information content (AvgIpc) is 3.50. The molecule has 1 aliphatic heterocycles. The van der Waals surface area contributed by atoms with Gasteiger partial charge in [0.05, 0.1) is 44.1 Å². The van der Waals surface area contributed by atoms with E-state index in [1.807, 2.05) is 19.1 Å². The molecule has 0 atom stereocenters. The van der Waals surface area contributed by atoms with Crippen molar-refractivity contribution in [3.63, 3.8) is 0 Å². The van der Waals surface area contributed by atoms with Crippen LogP contribution in [0.4, 0.5) is 10.5 Å². The second-order valence-corrected chi connectivity index (χ2v) is 8.27. The van der Waals surface area contributed by atoms with Gasteiger partial charge < -0.3 is 24.8 Å². The maximum atomic E-state index is 13.1. The molecule has 1 aromatic carbocycles. The number of aromatic nitrogens is 6. The van der Waals surface area contributed by atoms with Crippen LogP contribution in [-0.2, 0) is 4.74 Å². The van der Waals surface area contributed by atoms with Crippen molar-refractivity contribution in [3.8, 4) is 17.1 Å². The molecule has 1 saturated heterocycles. The molecule has 2 N–H and O–H groups in total. The van der Waals surface area contributed by atoms with E-state index in [1.54, 1.807) is 33.8 Å². The van der Waals surface area contributed by atoms with Crippen LogP contribution in [0.5, 0.6) is 5.75 Å². The van der Waals surface area contributed by atoms with Gasteiger partial charge in [0, 0.05) is 23.5 Å². The first-order valence-electron chi connectivity index (χ1n) is 11.2. The molecule has 0 radical (unpaired) electrons. The zero-order chi connectivity index (χ0) is 25.2. The number of rotatable bonds is 7. The van der Waals surface area contributed by atoms with Crippen LogP contribution in [-0.4, -0.2) is 85.2 Å². The Kier molecular flexibility index (Phi) is 6.21. The molecule has 0 unspecified atom stereocenters. The normalized spacial score (nSPS) is 13.5. The molecule has 5 rings (SSSR count). The molecular formula is C23H24N8O5. The maximum absolute atomic E-state index is 13.1. The van der Waals surface area contributed by atoms with E-state index >= 15 is 0 Å². The Labute approximate surface area is 205 Å². The van der Waals surface area contributed by atoms with Gasteiger partial charge in [0.1, 0.15) is 18.4 Å². The van der Waals surface area contributed by atoms with E-state index in [0.717, 1.165) is 5.56 Å². The predicted molar refractivity (Wildman–Crippen MR) is 127 cm³/mol. The summed E-state index contributed by atoms with van der Waals surface area (Å²) >= 11 is 0. The monoisotopic (exact) mass is 492 g/mol. The molecule has 0 aliphatic carbocycles. The summed E-state index contributed by atoms with van der Waals surface area (Å²) in [5, 5.41) is 28.9. The Morgan fingerprint density at radius 1 is 1.22 bits per heavy atom. The summed E-state index contributed by atoms with van der Waals surface area (Å²) in [4.78, 5) is 27.7. The Morgan fingerprint density at radius 2 is 2.06 bits per heavy atom. The number of carbonyl (C=O) groups is 2. The molecule has 0 spiro atoms. The lowest BCUT2D eigenvalue weighted by molar-refractivity contribution is 0.0621. The van der Waals surface area contributed by atoms with E-state index in [9.17, 15) is 9.59 Å². The first-order valence-corrected chi connectivity index (χ1v) is 11.2. The van der Waals surface area contributed by atoms with Crippen molar-refractivity contribution < 1.29 is 24.2 Å². The second-order valence-electron chi connectivity index (χ2n) is 8.27. The highest BCUT2D eigenvalue weighted by atomic mass is 16.5. The van der Waals surface area contributed by atoms with Gasteiger partial charge in [-0.3, -0.25) is 4.79 Å². The number of methoxy groups -OCH3 is 1. The van der Waals surface area contributed by atoms with E-state index < -0.39 is 0 Å². The van der Waals surface area contributed by atoms with Crippen molar-refractivity contribution in [3.05, 3.63) is 53.9 Å². The number of nitrogens with one attached hydrogen (secondary N) is 1. The number of anilines is 1. The third-order valence-corrected chi connectivity index (χ3v) is 5.89. The molecule has 36 heavy (non-hydrogen) atoms. The molecule has 186 valence electrons. The second kappa shape index (κ2) is 9.62. The van der Waals surface area contributed by atoms with Crippen LogP contribution in [0.25, 0.3) is 16.9 Å². The minimum Gasteiger partial charge on any atom is -0.491 e. The van der Waals surface area contributed by atoms with Gasteiger partial charge in [0.15, 0.2) is 0 Å². The number of carbonyl (C=O) groups excluding carboxylic acids is 2. The topological polar surface area (TPSA) is 149 Å². The van der Waals surface area contributed by atoms with Crippen molar-refractivity contribution in [2.75, 3.05) is 38.7 Å². The van der Waals surface area contributed by atoms with Gasteiger partial charge in [0.25, 0.3) is 5.91 Å². The van der Waals surface area contributed by atoms with Crippen molar-refractivity contribution in [2.45, 2.75) is 13.0 Å². The highest BCUT2D eigenvalue weighted by molar-refractivity contribution is 6.09. The number of nitrogens with zero attached hydrogens (tertiary/aromatic N) is 7. The molecule has 0 saturated carbocycles. The van der Waals surface area contributed by atoms with Gasteiger partial charge in [-0.15, -0.1) is 10.2 Å². The number of pyridine rings is 1. The Balaban J connectivity index is 1.33. The number of ether oxygens (including phenoxy) is 2. The summed E-state index contributed by atoms with van der Waals surface area (Å²) in [6.07, 6.45) is 2.79. The minimum atomic E-state index is -0.384. The standard InChI is InChI=1S/C23H24N8O5/c1-14-3-4-15(21-26-28-31(27-21)16-12-29(13-16)23(34)35-2)9-19(14)25-22(33)18-11-24-30-6-5-17(10-20(18)30)36-8-7-32/h3-6,9-11,16,32H,7-8,12-13H2,1-2H3,(H,25,33). The highest BCUT2D eigenvalue weighted by Crippen LogP contribution is 2.26. The zero-order valence-corrected chi connectivity index (χ0v) is 19.7. The Hall–Kier alpha value is -4.52. The number of aliphatic hydroxyl groups excluding tert-OH is 1. The summed E-state index contributed by atoms with van der Waals surface area (Å²) < 4.78 is 11.7. The van der Waals surface area contributed by atoms with E-state index in [-0.39, 0.29) is 31.3 Å². The van der Waals surface area contributed by atoms with Gasteiger partial charge in [-0.25, -0.2) is 9.31 Å². The first kappa shape index (κ1) is 23.2. The first-order chi connectivity index (χ1) is 17.5. The van der Waals surface area contributed by atoms with Crippen molar-refractivity contribution in [1.82, 2.24) is 34.7 Å². The maximum Gasteiger partial charge on any atom is 0.409 e. The summed E-state index contributed by atoms with van der Waals surface area (Å²) in [6, 6.07) is 8.85. The van der Waals surface area contributed by atoms with Gasteiger partial charge in [0.2, 0.25) is 5.82 Å². The van der Waals surface area contributed by atoms with E-state index in [2.05, 4.69) is 25.8 Å². The fourth-order valence-corrected chi connectivity index (χ4v) is 3.85. The number of aliphatic hydroxyl groups is 1. The highest BCUT2D eigenvalue weighted by Gasteiger charge is 2.34. The average molecular weight is 492 g/mol. The van der Waals surface area contributed by atoms with E-state index in [0.29, 0.717) is 47.0 Å². The minimum absolute atomic E-state index is 0.0724. The summed E-state index contributed by atoms with van der Waals surface area (Å²) in [5.74, 6) is 0.599. The number of amides is 2. The molecule has 1 fully saturated rings. The molecular weight excluding hydrogens is 468 g/mol. The molecule has 3 aromatic heterocycles. The van der Waals surface area contributed by atoms with Crippen LogP contribution >= 0.6 is 0 Å². The van der Waals surface area contributed by atoms with Gasteiger partial charge >= 0.3 is 6.09 Å². The molecule has 4 heterocycles. The summed E-state index contributed by atoms with van der Waals surface area (Å²) in [5.41, 5.74) is 3.09. The smallest absolute Gasteiger partial charge is 0.409 e. The van der Waals surface area contributed by atoms with E-state index in [1.165, 1.54) is 18.1 Å². The van der Waals surface area contributed by atoms with Crippen LogP contribution in [0.1, 0.15) is 22.0 Å². The third kappa shape index (κ3) is 4.43. The lowest BCUT2D eigenvalue weighted by Crippen LogP contribution is -2.51. The molecule has 0 bridgehead atoms. The van der Waals surface area contributed by atoms with Crippen LogP contribution in [0, 0.1) is 6.92 Å². The summed E-state index contributed by atoms with van der Waals surface area (Å²) in [6.45, 7) is 2.83. The molecule has 1 aliphatic rings. The fraction of sp³-hybridized carbons (Fsp3) is 0.304. The largest absolute Gasteiger partial charge is 0.491 e. The van der Waals surface area contributed by atoms with Crippen molar-refractivity contribution in [1.29, 1.82) is 0 Å². The quantitative estimate of drug-likeness (QED) is 0.392. The lowest BCUT2D eigenvalue weighted by atomic mass is 10.1. The number of tetrazole rings is 1. The molecule has 4 aromatic rings. The van der Waals surface area contributed by atoms with Gasteiger partial charge in [-0.05, 0) is 29.8 Å². The van der Waals surface area contributed by atoms with Crippen LogP contribution in [0.2, 0.25) is 0 Å². The molecule has 13 nitrogen and oxygen atoms in total. The Bertz CT molecular complexity index is 1430. The van der Waals surface area contributed by atoms with Gasteiger partial charge in [-0.2, -0.15) is 9.90 Å². The van der Waals surface area contributed by atoms with Crippen LogP contribution in [0.15, 0.2) is 42.7 Å². The SMILES string of the molecule is COC(=O)N1CC(n2nnc(-c3ccc(C)c(NC(=O)c4cnn5ccc(OCCO)cc45)c3)n2)C1. The van der Waals surface area contributed by atoms with E-state index in [4.69, 9.17) is 14.6 Å². The van der Waals surface area contributed by atoms with Crippen molar-refractivity contribution >= 4 is 23.2 Å². The lowest BCUT2D eigenvalue weighted by Gasteiger charge is -2.36. The summed E-state index contributed by atoms with van der Waals surface area (Å²) in [7, 11) is 1.34. The zero-order valence-electron chi connectivity index (χ0n) is 19.7. The van der Waals surface area contributed by atoms with Crippen LogP contribution in [0.3, 0.4) is 0 Å². The number of benzene rings is 1. The van der Waals surface area contributed by atoms with Crippen molar-refractivity contribution in [2.24, 2.45) is 0 Å². The molecule has 2 amide bonds. The number of likely N-dealkylation sites (tertiary alicyclic amines) is 1. The number of fused-ring (bicyclic) bond motifs is 1. The third-order valence-electron chi connectivity index (χ3n) is 5.89.